The maximum absolute atomic E-state index is 14.5. The van der Waals surface area contributed by atoms with Gasteiger partial charge in [-0.2, -0.15) is 8.42 Å². The molecule has 0 aromatic heterocycles. The molecule has 0 unspecified atom stereocenters. The standard InChI is InChI=1S/C19H24FN3O2S/c1-3-21-12-6-7-13-22-18-8-4-5-9-19(18)23(26(22,24)25)17-11-10-15(2)14-16(17)20/h4-5,8-11,14,21H,3,6-7,12-13H2,1-2H3. The van der Waals surface area contributed by atoms with Crippen LogP contribution in [0.25, 0.3) is 0 Å². The Morgan fingerprint density at radius 1 is 1.04 bits per heavy atom. The molecule has 5 nitrogen and oxygen atoms in total. The van der Waals surface area contributed by atoms with Gasteiger partial charge in [-0.3, -0.25) is 4.31 Å². The summed E-state index contributed by atoms with van der Waals surface area (Å²) < 4.78 is 43.4. The quantitative estimate of drug-likeness (QED) is 0.748. The topological polar surface area (TPSA) is 52.6 Å². The number of aryl methyl sites for hydroxylation is 1. The van der Waals surface area contributed by atoms with Gasteiger partial charge in [0.2, 0.25) is 0 Å². The lowest BCUT2D eigenvalue weighted by molar-refractivity contribution is 0.585. The van der Waals surface area contributed by atoms with Crippen LogP contribution in [0.5, 0.6) is 0 Å². The van der Waals surface area contributed by atoms with E-state index in [-0.39, 0.29) is 5.69 Å². The molecule has 2 aromatic carbocycles. The van der Waals surface area contributed by atoms with Gasteiger partial charge in [0, 0.05) is 6.54 Å². The summed E-state index contributed by atoms with van der Waals surface area (Å²) >= 11 is 0. The molecule has 0 saturated carbocycles. The van der Waals surface area contributed by atoms with Crippen LogP contribution in [0.4, 0.5) is 21.5 Å². The van der Waals surface area contributed by atoms with Gasteiger partial charge in [-0.25, -0.2) is 8.70 Å². The highest BCUT2D eigenvalue weighted by atomic mass is 32.2. The predicted molar refractivity (Wildman–Crippen MR) is 104 cm³/mol. The second kappa shape index (κ2) is 7.63. The molecule has 2 aromatic rings. The summed E-state index contributed by atoms with van der Waals surface area (Å²) in [6.45, 7) is 5.92. The number of fused-ring (bicyclic) bond motifs is 1. The van der Waals surface area contributed by atoms with Gasteiger partial charge in [0.15, 0.2) is 0 Å². The fourth-order valence-electron chi connectivity index (χ4n) is 3.14. The summed E-state index contributed by atoms with van der Waals surface area (Å²) in [7, 11) is -3.86. The van der Waals surface area contributed by atoms with Crippen molar-refractivity contribution in [1.29, 1.82) is 0 Å². The van der Waals surface area contributed by atoms with E-state index in [4.69, 9.17) is 0 Å². The van der Waals surface area contributed by atoms with E-state index in [0.29, 0.717) is 17.9 Å². The number of para-hydroxylation sites is 2. The Morgan fingerprint density at radius 3 is 2.46 bits per heavy atom. The molecule has 1 aliphatic rings. The zero-order valence-corrected chi connectivity index (χ0v) is 15.9. The second-order valence-electron chi connectivity index (χ2n) is 6.35. The third-order valence-corrected chi connectivity index (χ3v) is 6.21. The molecule has 0 bridgehead atoms. The molecule has 0 spiro atoms. The van der Waals surface area contributed by atoms with Crippen LogP contribution in [0.2, 0.25) is 0 Å². The SMILES string of the molecule is CCNCCCCN1c2ccccc2N(c2ccc(C)cc2F)S1(=O)=O. The van der Waals surface area contributed by atoms with Crippen LogP contribution in [-0.2, 0) is 10.2 Å². The molecular weight excluding hydrogens is 353 g/mol. The summed E-state index contributed by atoms with van der Waals surface area (Å²) in [6.07, 6.45) is 1.60. The fourth-order valence-corrected chi connectivity index (χ4v) is 4.90. The van der Waals surface area contributed by atoms with Crippen molar-refractivity contribution in [3.63, 3.8) is 0 Å². The van der Waals surface area contributed by atoms with Crippen LogP contribution in [0, 0.1) is 12.7 Å². The predicted octanol–water partition coefficient (Wildman–Crippen LogP) is 3.73. The molecule has 26 heavy (non-hydrogen) atoms. The highest BCUT2D eigenvalue weighted by Gasteiger charge is 2.41. The van der Waals surface area contributed by atoms with E-state index in [1.807, 2.05) is 6.92 Å². The molecule has 3 rings (SSSR count). The third-order valence-electron chi connectivity index (χ3n) is 4.42. The van der Waals surface area contributed by atoms with Gasteiger partial charge in [-0.1, -0.05) is 25.1 Å². The zero-order chi connectivity index (χ0) is 18.7. The molecule has 1 N–H and O–H groups in total. The number of unbranched alkanes of at least 4 members (excludes halogenated alkanes) is 1. The molecule has 0 atom stereocenters. The molecule has 0 aliphatic carbocycles. The second-order valence-corrected chi connectivity index (χ2v) is 8.05. The number of rotatable bonds is 7. The van der Waals surface area contributed by atoms with Crippen molar-refractivity contribution in [2.75, 3.05) is 28.2 Å². The fraction of sp³-hybridized carbons (Fsp3) is 0.368. The summed E-state index contributed by atoms with van der Waals surface area (Å²) in [5.74, 6) is -0.544. The van der Waals surface area contributed by atoms with Crippen molar-refractivity contribution in [3.8, 4) is 0 Å². The van der Waals surface area contributed by atoms with Gasteiger partial charge in [-0.15, -0.1) is 0 Å². The average Bonchev–Trinajstić information content (AvgIpc) is 2.82. The van der Waals surface area contributed by atoms with Crippen molar-refractivity contribution >= 4 is 27.3 Å². The van der Waals surface area contributed by atoms with Crippen molar-refractivity contribution in [2.45, 2.75) is 26.7 Å². The first-order chi connectivity index (χ1) is 12.5. The van der Waals surface area contributed by atoms with E-state index in [9.17, 15) is 12.8 Å². The lowest BCUT2D eigenvalue weighted by atomic mass is 10.2. The van der Waals surface area contributed by atoms with Crippen LogP contribution < -0.4 is 13.9 Å². The normalized spacial score (nSPS) is 15.3. The molecule has 0 fully saturated rings. The minimum absolute atomic E-state index is 0.0539. The van der Waals surface area contributed by atoms with E-state index in [2.05, 4.69) is 5.32 Å². The Labute approximate surface area is 154 Å². The number of hydrogen-bond donors (Lipinski definition) is 1. The van der Waals surface area contributed by atoms with E-state index in [1.54, 1.807) is 37.3 Å². The molecular formula is C19H24FN3O2S. The van der Waals surface area contributed by atoms with E-state index < -0.39 is 16.0 Å². The number of hydrogen-bond acceptors (Lipinski definition) is 3. The van der Waals surface area contributed by atoms with Gasteiger partial charge in [0.25, 0.3) is 0 Å². The van der Waals surface area contributed by atoms with Crippen molar-refractivity contribution in [1.82, 2.24) is 5.32 Å². The first-order valence-corrected chi connectivity index (χ1v) is 10.3. The van der Waals surface area contributed by atoms with Crippen molar-refractivity contribution in [2.24, 2.45) is 0 Å². The Bertz CT molecular complexity index is 886. The lowest BCUT2D eigenvalue weighted by Gasteiger charge is -2.22. The molecule has 0 amide bonds. The number of nitrogens with zero attached hydrogens (tertiary/aromatic N) is 2. The van der Waals surface area contributed by atoms with Gasteiger partial charge >= 0.3 is 10.2 Å². The largest absolute Gasteiger partial charge is 0.331 e. The minimum atomic E-state index is -3.86. The molecule has 7 heteroatoms. The summed E-state index contributed by atoms with van der Waals surface area (Å²) in [5, 5.41) is 3.23. The summed E-state index contributed by atoms with van der Waals surface area (Å²) in [5.41, 5.74) is 1.88. The van der Waals surface area contributed by atoms with Crippen molar-refractivity contribution < 1.29 is 12.8 Å². The van der Waals surface area contributed by atoms with Gasteiger partial charge in [0.1, 0.15) is 5.82 Å². The lowest BCUT2D eigenvalue weighted by Crippen LogP contribution is -2.36. The highest BCUT2D eigenvalue weighted by molar-refractivity contribution is 7.95. The Balaban J connectivity index is 1.94. The van der Waals surface area contributed by atoms with Gasteiger partial charge in [0.05, 0.1) is 17.1 Å². The number of benzene rings is 2. The molecule has 140 valence electrons. The van der Waals surface area contributed by atoms with Crippen LogP contribution in [0.1, 0.15) is 25.3 Å². The first-order valence-electron chi connectivity index (χ1n) is 8.85. The Kier molecular flexibility index (Phi) is 5.48. The molecule has 0 radical (unpaired) electrons. The molecule has 1 heterocycles. The summed E-state index contributed by atoms with van der Waals surface area (Å²) in [6, 6.07) is 11.6. The van der Waals surface area contributed by atoms with Gasteiger partial charge < -0.3 is 5.32 Å². The van der Waals surface area contributed by atoms with Gasteiger partial charge in [-0.05, 0) is 62.7 Å². The van der Waals surface area contributed by atoms with E-state index in [0.717, 1.165) is 35.8 Å². The maximum Gasteiger partial charge on any atom is 0.331 e. The number of nitrogens with one attached hydrogen (secondary N) is 1. The van der Waals surface area contributed by atoms with E-state index in [1.165, 1.54) is 16.4 Å². The molecule has 0 saturated heterocycles. The first kappa shape index (κ1) is 18.7. The van der Waals surface area contributed by atoms with Crippen LogP contribution in [0.3, 0.4) is 0 Å². The third kappa shape index (κ3) is 3.41. The monoisotopic (exact) mass is 377 g/mol. The van der Waals surface area contributed by atoms with Crippen LogP contribution in [-0.4, -0.2) is 28.1 Å². The zero-order valence-electron chi connectivity index (χ0n) is 15.1. The number of halogens is 1. The Hall–Kier alpha value is -2.12. The highest BCUT2D eigenvalue weighted by Crippen LogP contribution is 2.45. The maximum atomic E-state index is 14.5. The number of anilines is 3. The Morgan fingerprint density at radius 2 is 1.77 bits per heavy atom. The average molecular weight is 377 g/mol. The minimum Gasteiger partial charge on any atom is -0.317 e. The van der Waals surface area contributed by atoms with E-state index >= 15 is 0 Å². The molecule has 1 aliphatic heterocycles. The van der Waals surface area contributed by atoms with Crippen LogP contribution >= 0.6 is 0 Å². The summed E-state index contributed by atoms with van der Waals surface area (Å²) in [4.78, 5) is 0. The van der Waals surface area contributed by atoms with Crippen LogP contribution in [0.15, 0.2) is 42.5 Å². The smallest absolute Gasteiger partial charge is 0.317 e. The van der Waals surface area contributed by atoms with Crippen molar-refractivity contribution in [3.05, 3.63) is 53.8 Å².